The summed E-state index contributed by atoms with van der Waals surface area (Å²) >= 11 is 0. The second-order valence-corrected chi connectivity index (χ2v) is 13.1. The summed E-state index contributed by atoms with van der Waals surface area (Å²) in [6.45, 7) is 6.92. The normalized spacial score (nSPS) is 12.8. The van der Waals surface area contributed by atoms with Gasteiger partial charge in [0.25, 0.3) is 0 Å². The summed E-state index contributed by atoms with van der Waals surface area (Å²) in [5.74, 6) is 0. The van der Waals surface area contributed by atoms with Crippen LogP contribution in [-0.2, 0) is 5.41 Å². The number of fused-ring (bicyclic) bond motifs is 3. The van der Waals surface area contributed by atoms with Crippen LogP contribution in [0.1, 0.15) is 30.5 Å². The van der Waals surface area contributed by atoms with Crippen LogP contribution in [0.15, 0.2) is 164 Å². The average Bonchev–Trinajstić information content (AvgIpc) is 3.33. The highest BCUT2D eigenvalue weighted by Crippen LogP contribution is 2.50. The highest BCUT2D eigenvalue weighted by Gasteiger charge is 2.35. The van der Waals surface area contributed by atoms with Crippen LogP contribution in [-0.4, -0.2) is 0 Å². The van der Waals surface area contributed by atoms with Crippen LogP contribution in [0.5, 0.6) is 0 Å². The smallest absolute Gasteiger partial charge is 0.0159 e. The molecule has 1 aliphatic carbocycles. The van der Waals surface area contributed by atoms with Crippen LogP contribution in [0.2, 0.25) is 0 Å². The van der Waals surface area contributed by atoms with Crippen molar-refractivity contribution >= 4 is 0 Å². The molecule has 0 bridgehead atoms. The predicted octanol–water partition coefficient (Wildman–Crippen LogP) is 12.6. The third-order valence-electron chi connectivity index (χ3n) is 9.75. The van der Waals surface area contributed by atoms with E-state index >= 15 is 0 Å². The second kappa shape index (κ2) is 11.2. The Morgan fingerprint density at radius 3 is 1.13 bits per heavy atom. The maximum Gasteiger partial charge on any atom is 0.0159 e. The number of rotatable bonds is 5. The first-order valence-electron chi connectivity index (χ1n) is 16.2. The molecule has 0 nitrogen and oxygen atoms in total. The Bertz CT molecular complexity index is 2080. The van der Waals surface area contributed by atoms with Crippen molar-refractivity contribution < 1.29 is 0 Å². The molecular weight excluding hydrogens is 553 g/mol. The van der Waals surface area contributed by atoms with Gasteiger partial charge in [-0.3, -0.25) is 0 Å². The molecule has 7 aromatic rings. The van der Waals surface area contributed by atoms with Crippen LogP contribution >= 0.6 is 0 Å². The van der Waals surface area contributed by atoms with E-state index in [0.29, 0.717) is 0 Å². The molecule has 0 heteroatoms. The maximum absolute atomic E-state index is 2.44. The van der Waals surface area contributed by atoms with E-state index in [1.807, 2.05) is 0 Å². The van der Waals surface area contributed by atoms with Crippen molar-refractivity contribution in [1.29, 1.82) is 0 Å². The van der Waals surface area contributed by atoms with Crippen molar-refractivity contribution in [3.05, 3.63) is 180 Å². The highest BCUT2D eigenvalue weighted by atomic mass is 14.4. The van der Waals surface area contributed by atoms with E-state index in [9.17, 15) is 0 Å². The molecule has 0 radical (unpaired) electrons. The number of hydrogen-bond donors (Lipinski definition) is 0. The van der Waals surface area contributed by atoms with Crippen LogP contribution in [0.25, 0.3) is 66.8 Å². The fraction of sp³-hybridized carbons (Fsp3) is 0.0870. The van der Waals surface area contributed by atoms with Crippen LogP contribution in [0.4, 0.5) is 0 Å². The molecule has 0 aromatic heterocycles. The molecule has 46 heavy (non-hydrogen) atoms. The molecule has 0 saturated carbocycles. The molecular formula is C46H36. The summed E-state index contributed by atoms with van der Waals surface area (Å²) in [4.78, 5) is 0. The van der Waals surface area contributed by atoms with Gasteiger partial charge in [-0.25, -0.2) is 0 Å². The minimum Gasteiger partial charge on any atom is -0.0622 e. The number of aryl methyl sites for hydroxylation is 1. The van der Waals surface area contributed by atoms with E-state index in [2.05, 4.69) is 185 Å². The molecule has 0 fully saturated rings. The van der Waals surface area contributed by atoms with Gasteiger partial charge in [0.05, 0.1) is 0 Å². The van der Waals surface area contributed by atoms with E-state index in [-0.39, 0.29) is 5.41 Å². The summed E-state index contributed by atoms with van der Waals surface area (Å²) in [6.07, 6.45) is 0. The molecule has 0 aliphatic heterocycles. The van der Waals surface area contributed by atoms with Gasteiger partial charge in [-0.2, -0.15) is 0 Å². The van der Waals surface area contributed by atoms with Crippen molar-refractivity contribution in [2.75, 3.05) is 0 Å². The first kappa shape index (κ1) is 28.0. The van der Waals surface area contributed by atoms with E-state index in [1.54, 1.807) is 0 Å². The van der Waals surface area contributed by atoms with Gasteiger partial charge >= 0.3 is 0 Å². The molecule has 7 aromatic carbocycles. The Labute approximate surface area is 272 Å². The van der Waals surface area contributed by atoms with Crippen LogP contribution in [0, 0.1) is 6.92 Å². The quantitative estimate of drug-likeness (QED) is 0.188. The fourth-order valence-corrected chi connectivity index (χ4v) is 7.13. The third kappa shape index (κ3) is 4.97. The first-order valence-corrected chi connectivity index (χ1v) is 16.2. The monoisotopic (exact) mass is 588 g/mol. The van der Waals surface area contributed by atoms with Gasteiger partial charge in [0, 0.05) is 5.41 Å². The van der Waals surface area contributed by atoms with Crippen molar-refractivity contribution in [2.45, 2.75) is 26.2 Å². The van der Waals surface area contributed by atoms with Gasteiger partial charge in [-0.05, 0) is 109 Å². The molecule has 220 valence electrons. The Kier molecular flexibility index (Phi) is 6.80. The lowest BCUT2D eigenvalue weighted by molar-refractivity contribution is 0.660. The Hall–Kier alpha value is -5.46. The summed E-state index contributed by atoms with van der Waals surface area (Å²) < 4.78 is 0. The van der Waals surface area contributed by atoms with Gasteiger partial charge in [0.15, 0.2) is 0 Å². The lowest BCUT2D eigenvalue weighted by Crippen LogP contribution is -2.15. The fourth-order valence-electron chi connectivity index (χ4n) is 7.13. The number of benzene rings is 7. The number of hydrogen-bond acceptors (Lipinski definition) is 0. The zero-order chi connectivity index (χ0) is 31.3. The Morgan fingerprint density at radius 1 is 0.304 bits per heavy atom. The standard InChI is InChI=1S/C46H36/c1-31-14-24-42-43-25-23-38(30-45(43)46(2,3)44(42)26-31)41-28-39(36-19-15-34(16-20-36)32-10-6-4-7-11-32)27-40(29-41)37-21-17-35(18-22-37)33-12-8-5-9-13-33/h4-30H,1-3H3. The van der Waals surface area contributed by atoms with Gasteiger partial charge in [0.2, 0.25) is 0 Å². The predicted molar refractivity (Wildman–Crippen MR) is 196 cm³/mol. The molecule has 0 unspecified atom stereocenters. The molecule has 0 heterocycles. The topological polar surface area (TPSA) is 0 Å². The molecule has 1 aliphatic rings. The van der Waals surface area contributed by atoms with Crippen molar-refractivity contribution in [3.63, 3.8) is 0 Å². The van der Waals surface area contributed by atoms with Crippen molar-refractivity contribution in [1.82, 2.24) is 0 Å². The minimum absolute atomic E-state index is 0.0479. The van der Waals surface area contributed by atoms with Crippen molar-refractivity contribution in [3.8, 4) is 66.8 Å². The molecule has 0 N–H and O–H groups in total. The summed E-state index contributed by atoms with van der Waals surface area (Å²) in [6, 6.07) is 60.2. The van der Waals surface area contributed by atoms with E-state index in [0.717, 1.165) is 0 Å². The average molecular weight is 589 g/mol. The maximum atomic E-state index is 2.44. The lowest BCUT2D eigenvalue weighted by Gasteiger charge is -2.22. The lowest BCUT2D eigenvalue weighted by atomic mass is 9.81. The Morgan fingerprint density at radius 2 is 0.652 bits per heavy atom. The molecule has 0 saturated heterocycles. The highest BCUT2D eigenvalue weighted by molar-refractivity contribution is 5.87. The van der Waals surface area contributed by atoms with Crippen LogP contribution < -0.4 is 0 Å². The van der Waals surface area contributed by atoms with Gasteiger partial charge in [0.1, 0.15) is 0 Å². The zero-order valence-electron chi connectivity index (χ0n) is 26.6. The van der Waals surface area contributed by atoms with Crippen molar-refractivity contribution in [2.24, 2.45) is 0 Å². The van der Waals surface area contributed by atoms with E-state index < -0.39 is 0 Å². The SMILES string of the molecule is Cc1ccc2c(c1)C(C)(C)c1cc(-c3cc(-c4ccc(-c5ccccc5)cc4)cc(-c4ccc(-c5ccccc5)cc4)c3)ccc1-2. The molecule has 8 rings (SSSR count). The van der Waals surface area contributed by atoms with Gasteiger partial charge < -0.3 is 0 Å². The summed E-state index contributed by atoms with van der Waals surface area (Å²) in [5.41, 5.74) is 19.1. The zero-order valence-corrected chi connectivity index (χ0v) is 26.6. The second-order valence-electron chi connectivity index (χ2n) is 13.1. The van der Waals surface area contributed by atoms with Gasteiger partial charge in [-0.15, -0.1) is 0 Å². The summed E-state index contributed by atoms with van der Waals surface area (Å²) in [7, 11) is 0. The van der Waals surface area contributed by atoms with E-state index in [4.69, 9.17) is 0 Å². The molecule has 0 spiro atoms. The third-order valence-corrected chi connectivity index (χ3v) is 9.75. The Balaban J connectivity index is 1.24. The van der Waals surface area contributed by atoms with Gasteiger partial charge in [-0.1, -0.05) is 159 Å². The van der Waals surface area contributed by atoms with Crippen LogP contribution in [0.3, 0.4) is 0 Å². The van der Waals surface area contributed by atoms with E-state index in [1.165, 1.54) is 83.5 Å². The largest absolute Gasteiger partial charge is 0.0622 e. The summed E-state index contributed by atoms with van der Waals surface area (Å²) in [5, 5.41) is 0. The molecule has 0 amide bonds. The first-order chi connectivity index (χ1) is 22.4. The minimum atomic E-state index is -0.0479. The molecule has 0 atom stereocenters.